The van der Waals surface area contributed by atoms with Crippen LogP contribution in [0.15, 0.2) is 36.4 Å². The Bertz CT molecular complexity index is 751. The van der Waals surface area contributed by atoms with Gasteiger partial charge >= 0.3 is 0 Å². The van der Waals surface area contributed by atoms with Crippen molar-refractivity contribution in [1.29, 1.82) is 0 Å². The molecule has 0 spiro atoms. The van der Waals surface area contributed by atoms with Gasteiger partial charge in [0.2, 0.25) is 5.91 Å². The lowest BCUT2D eigenvalue weighted by Crippen LogP contribution is -2.20. The number of hydrogen-bond acceptors (Lipinski definition) is 2. The molecule has 1 atom stereocenters. The standard InChI is InChI=1S/C19H20N2O/c20-19(15-5-4-12-2-1-3-13(12)10-15)16-6-8-17-14(11-16)7-9-18(22)21-17/h4-6,8,10-11,19H,1-3,7,9,20H2,(H,21,22). The largest absolute Gasteiger partial charge is 0.326 e. The number of carbonyl (C=O) groups is 1. The Hall–Kier alpha value is -2.13. The third-order valence-electron chi connectivity index (χ3n) is 4.87. The van der Waals surface area contributed by atoms with Crippen LogP contribution in [0.4, 0.5) is 5.69 Å². The Balaban J connectivity index is 1.65. The molecule has 2 aromatic carbocycles. The van der Waals surface area contributed by atoms with E-state index in [1.165, 1.54) is 41.5 Å². The number of benzene rings is 2. The molecule has 3 heteroatoms. The van der Waals surface area contributed by atoms with Gasteiger partial charge < -0.3 is 11.1 Å². The van der Waals surface area contributed by atoms with Crippen molar-refractivity contribution in [2.24, 2.45) is 5.73 Å². The van der Waals surface area contributed by atoms with Crippen molar-refractivity contribution < 1.29 is 4.79 Å². The van der Waals surface area contributed by atoms with Crippen LogP contribution in [0.1, 0.15) is 46.7 Å². The fourth-order valence-corrected chi connectivity index (χ4v) is 3.57. The molecule has 0 saturated heterocycles. The molecule has 1 aliphatic heterocycles. The summed E-state index contributed by atoms with van der Waals surface area (Å²) >= 11 is 0. The Kier molecular flexibility index (Phi) is 3.23. The first-order chi connectivity index (χ1) is 10.7. The minimum atomic E-state index is -0.103. The maximum absolute atomic E-state index is 11.4. The van der Waals surface area contributed by atoms with Gasteiger partial charge in [0.25, 0.3) is 0 Å². The van der Waals surface area contributed by atoms with E-state index in [9.17, 15) is 4.79 Å². The van der Waals surface area contributed by atoms with Gasteiger partial charge in [-0.3, -0.25) is 4.79 Å². The number of fused-ring (bicyclic) bond motifs is 2. The first-order valence-corrected chi connectivity index (χ1v) is 8.01. The Morgan fingerprint density at radius 3 is 2.45 bits per heavy atom. The molecule has 0 radical (unpaired) electrons. The number of carbonyl (C=O) groups excluding carboxylic acids is 1. The van der Waals surface area contributed by atoms with Crippen LogP contribution in [0.5, 0.6) is 0 Å². The molecule has 4 rings (SSSR count). The zero-order chi connectivity index (χ0) is 15.1. The second-order valence-electron chi connectivity index (χ2n) is 6.32. The molecule has 2 aliphatic rings. The van der Waals surface area contributed by atoms with Crippen LogP contribution in [0.25, 0.3) is 0 Å². The van der Waals surface area contributed by atoms with Gasteiger partial charge in [0, 0.05) is 12.1 Å². The smallest absolute Gasteiger partial charge is 0.224 e. The Morgan fingerprint density at radius 2 is 1.59 bits per heavy atom. The summed E-state index contributed by atoms with van der Waals surface area (Å²) in [5.41, 5.74) is 13.8. The number of hydrogen-bond donors (Lipinski definition) is 2. The second-order valence-corrected chi connectivity index (χ2v) is 6.32. The first-order valence-electron chi connectivity index (χ1n) is 8.01. The first kappa shape index (κ1) is 13.5. The highest BCUT2D eigenvalue weighted by molar-refractivity contribution is 5.93. The summed E-state index contributed by atoms with van der Waals surface area (Å²) in [7, 11) is 0. The highest BCUT2D eigenvalue weighted by Crippen LogP contribution is 2.30. The monoisotopic (exact) mass is 292 g/mol. The Morgan fingerprint density at radius 1 is 0.864 bits per heavy atom. The maximum Gasteiger partial charge on any atom is 0.224 e. The number of aryl methyl sites for hydroxylation is 3. The molecule has 0 bridgehead atoms. The van der Waals surface area contributed by atoms with Gasteiger partial charge in [-0.15, -0.1) is 0 Å². The van der Waals surface area contributed by atoms with Gasteiger partial charge in [-0.25, -0.2) is 0 Å². The lowest BCUT2D eigenvalue weighted by atomic mass is 9.93. The molecule has 3 nitrogen and oxygen atoms in total. The predicted octanol–water partition coefficient (Wildman–Crippen LogP) is 3.11. The van der Waals surface area contributed by atoms with E-state index in [0.29, 0.717) is 6.42 Å². The molecular weight excluding hydrogens is 272 g/mol. The molecular formula is C19H20N2O. The molecule has 0 aromatic heterocycles. The SMILES string of the molecule is NC(c1ccc2c(c1)CCC2)c1ccc2c(c1)CCC(=O)N2. The van der Waals surface area contributed by atoms with Gasteiger partial charge in [0.1, 0.15) is 0 Å². The minimum Gasteiger partial charge on any atom is -0.326 e. The van der Waals surface area contributed by atoms with Gasteiger partial charge in [-0.2, -0.15) is 0 Å². The summed E-state index contributed by atoms with van der Waals surface area (Å²) < 4.78 is 0. The third kappa shape index (κ3) is 2.32. The summed E-state index contributed by atoms with van der Waals surface area (Å²) in [6.07, 6.45) is 4.98. The molecule has 0 saturated carbocycles. The van der Waals surface area contributed by atoms with E-state index in [2.05, 4.69) is 29.6 Å². The van der Waals surface area contributed by atoms with E-state index in [1.807, 2.05) is 12.1 Å². The van der Waals surface area contributed by atoms with Crippen LogP contribution in [0.2, 0.25) is 0 Å². The van der Waals surface area contributed by atoms with Crippen LogP contribution in [0, 0.1) is 0 Å². The van der Waals surface area contributed by atoms with Crippen molar-refractivity contribution >= 4 is 11.6 Å². The van der Waals surface area contributed by atoms with Crippen molar-refractivity contribution in [3.8, 4) is 0 Å². The van der Waals surface area contributed by atoms with E-state index in [4.69, 9.17) is 5.73 Å². The summed E-state index contributed by atoms with van der Waals surface area (Å²) in [5, 5.41) is 2.92. The number of rotatable bonds is 2. The van der Waals surface area contributed by atoms with Gasteiger partial charge in [0.15, 0.2) is 0 Å². The van der Waals surface area contributed by atoms with Crippen molar-refractivity contribution in [3.63, 3.8) is 0 Å². The van der Waals surface area contributed by atoms with E-state index in [1.54, 1.807) is 0 Å². The lowest BCUT2D eigenvalue weighted by molar-refractivity contribution is -0.116. The third-order valence-corrected chi connectivity index (χ3v) is 4.87. The summed E-state index contributed by atoms with van der Waals surface area (Å²) in [6, 6.07) is 12.7. The highest BCUT2D eigenvalue weighted by Gasteiger charge is 2.18. The summed E-state index contributed by atoms with van der Waals surface area (Å²) in [5.74, 6) is 0.100. The quantitative estimate of drug-likeness (QED) is 0.893. The number of nitrogens with two attached hydrogens (primary N) is 1. The van der Waals surface area contributed by atoms with Crippen molar-refractivity contribution in [2.75, 3.05) is 5.32 Å². The van der Waals surface area contributed by atoms with Crippen LogP contribution in [-0.2, 0) is 24.1 Å². The van der Waals surface area contributed by atoms with E-state index in [-0.39, 0.29) is 11.9 Å². The molecule has 0 fully saturated rings. The maximum atomic E-state index is 11.4. The average molecular weight is 292 g/mol. The Labute approximate surface area is 130 Å². The van der Waals surface area contributed by atoms with Gasteiger partial charge in [-0.1, -0.05) is 30.3 Å². The van der Waals surface area contributed by atoms with Crippen LogP contribution < -0.4 is 11.1 Å². The minimum absolute atomic E-state index is 0.100. The van der Waals surface area contributed by atoms with Crippen molar-refractivity contribution in [2.45, 2.75) is 38.1 Å². The molecule has 1 heterocycles. The number of amides is 1. The molecule has 1 unspecified atom stereocenters. The summed E-state index contributed by atoms with van der Waals surface area (Å²) in [6.45, 7) is 0. The number of anilines is 1. The van der Waals surface area contributed by atoms with E-state index in [0.717, 1.165) is 17.7 Å². The molecule has 112 valence electrons. The molecule has 3 N–H and O–H groups in total. The predicted molar refractivity (Wildman–Crippen MR) is 87.9 cm³/mol. The van der Waals surface area contributed by atoms with Crippen LogP contribution in [0.3, 0.4) is 0 Å². The fourth-order valence-electron chi connectivity index (χ4n) is 3.57. The molecule has 1 amide bonds. The number of nitrogens with one attached hydrogen (secondary N) is 1. The van der Waals surface area contributed by atoms with Crippen LogP contribution >= 0.6 is 0 Å². The van der Waals surface area contributed by atoms with Gasteiger partial charge in [0.05, 0.1) is 6.04 Å². The van der Waals surface area contributed by atoms with Crippen LogP contribution in [-0.4, -0.2) is 5.91 Å². The molecule has 1 aliphatic carbocycles. The fraction of sp³-hybridized carbons (Fsp3) is 0.316. The van der Waals surface area contributed by atoms with Crippen molar-refractivity contribution in [1.82, 2.24) is 0 Å². The zero-order valence-electron chi connectivity index (χ0n) is 12.6. The zero-order valence-corrected chi connectivity index (χ0v) is 12.6. The van der Waals surface area contributed by atoms with E-state index < -0.39 is 0 Å². The molecule has 2 aromatic rings. The molecule has 22 heavy (non-hydrogen) atoms. The topological polar surface area (TPSA) is 55.1 Å². The normalized spacial score (nSPS) is 17.6. The second kappa shape index (κ2) is 5.25. The van der Waals surface area contributed by atoms with Gasteiger partial charge in [-0.05, 0) is 59.6 Å². The average Bonchev–Trinajstić information content (AvgIpc) is 3.01. The summed E-state index contributed by atoms with van der Waals surface area (Å²) in [4.78, 5) is 11.4. The van der Waals surface area contributed by atoms with E-state index >= 15 is 0 Å². The lowest BCUT2D eigenvalue weighted by Gasteiger charge is -2.20. The highest BCUT2D eigenvalue weighted by atomic mass is 16.1. The van der Waals surface area contributed by atoms with Crippen molar-refractivity contribution in [3.05, 3.63) is 64.2 Å².